The minimum absolute atomic E-state index is 0. The van der Waals surface area contributed by atoms with Crippen LogP contribution in [-0.2, 0) is 14.4 Å². The fourth-order valence-electron chi connectivity index (χ4n) is 3.62. The van der Waals surface area contributed by atoms with Crippen molar-refractivity contribution in [2.75, 3.05) is 0 Å². The Morgan fingerprint density at radius 2 is 1.16 bits per heavy atom. The molecule has 2 N–H and O–H groups in total. The molecular formula is C24H43NaO6. The molecular weight excluding hydrogens is 407 g/mol. The van der Waals surface area contributed by atoms with Crippen LogP contribution in [0.4, 0.5) is 0 Å². The minimum Gasteiger partial charge on any atom is -0.546 e. The van der Waals surface area contributed by atoms with Crippen LogP contribution >= 0.6 is 0 Å². The molecule has 2 unspecified atom stereocenters. The molecule has 0 fully saturated rings. The van der Waals surface area contributed by atoms with E-state index in [1.54, 1.807) is 0 Å². The van der Waals surface area contributed by atoms with Gasteiger partial charge in [-0.3, -0.25) is 9.59 Å². The second-order valence-electron chi connectivity index (χ2n) is 9.08. The van der Waals surface area contributed by atoms with Crippen LogP contribution in [0.2, 0.25) is 0 Å². The molecule has 0 aliphatic carbocycles. The van der Waals surface area contributed by atoms with E-state index >= 15 is 0 Å². The smallest absolute Gasteiger partial charge is 0.546 e. The van der Waals surface area contributed by atoms with Gasteiger partial charge in [-0.25, -0.2) is 0 Å². The van der Waals surface area contributed by atoms with E-state index < -0.39 is 35.7 Å². The maximum Gasteiger partial charge on any atom is 1.00 e. The van der Waals surface area contributed by atoms with Crippen molar-refractivity contribution >= 4 is 17.5 Å². The van der Waals surface area contributed by atoms with Crippen molar-refractivity contribution in [3.05, 3.63) is 0 Å². The number of unbranched alkanes of at least 4 members (excludes halogenated alkanes) is 11. The standard InChI is InChI=1S/C24H44O6.Na/c1-19(2)16-14-12-10-8-6-4-5-7-9-11-13-15-17-21(26)18-24(30,23(28)29)22(27)20(3)25;/h19-20,25,30H,4-18H2,1-3H3,(H,28,29);/q;+1/p-1. The number of aliphatic carboxylic acids is 1. The van der Waals surface area contributed by atoms with Gasteiger partial charge in [0.25, 0.3) is 0 Å². The molecule has 7 heteroatoms. The molecule has 6 nitrogen and oxygen atoms in total. The molecule has 0 amide bonds. The number of hydrogen-bond donors (Lipinski definition) is 2. The fourth-order valence-corrected chi connectivity index (χ4v) is 3.62. The number of Topliss-reactive ketones (excluding diaryl/α,β-unsaturated/α-hetero) is 2. The molecule has 0 rings (SSSR count). The quantitative estimate of drug-likeness (QED) is 0.159. The van der Waals surface area contributed by atoms with E-state index in [1.165, 1.54) is 57.8 Å². The zero-order chi connectivity index (χ0) is 23.0. The number of ketones is 2. The Balaban J connectivity index is 0. The number of aliphatic hydroxyl groups is 2. The zero-order valence-electron chi connectivity index (χ0n) is 20.3. The van der Waals surface area contributed by atoms with Gasteiger partial charge in [0.1, 0.15) is 11.9 Å². The fraction of sp³-hybridized carbons (Fsp3) is 0.875. The predicted molar refractivity (Wildman–Crippen MR) is 116 cm³/mol. The Bertz CT molecular complexity index is 506. The SMILES string of the molecule is CC(C)CCCCCCCCCCCCCCC(=O)CC(O)(C(=O)[O-])C(=O)C(C)O.[Na+]. The molecule has 31 heavy (non-hydrogen) atoms. The van der Waals surface area contributed by atoms with E-state index in [4.69, 9.17) is 0 Å². The summed E-state index contributed by atoms with van der Waals surface area (Å²) in [6.45, 7) is 5.60. The van der Waals surface area contributed by atoms with Crippen LogP contribution in [0, 0.1) is 5.92 Å². The van der Waals surface area contributed by atoms with Crippen molar-refractivity contribution in [3.63, 3.8) is 0 Å². The normalized spacial score (nSPS) is 14.0. The molecule has 0 aromatic heterocycles. The van der Waals surface area contributed by atoms with Crippen molar-refractivity contribution in [1.82, 2.24) is 0 Å². The number of rotatable bonds is 20. The third-order valence-corrected chi connectivity index (χ3v) is 5.56. The van der Waals surface area contributed by atoms with Crippen LogP contribution in [-0.4, -0.2) is 39.5 Å². The molecule has 0 saturated carbocycles. The van der Waals surface area contributed by atoms with Crippen molar-refractivity contribution in [1.29, 1.82) is 0 Å². The average molecular weight is 451 g/mol. The maximum atomic E-state index is 11.9. The number of carbonyl (C=O) groups is 3. The summed E-state index contributed by atoms with van der Waals surface area (Å²) < 4.78 is 0. The molecule has 176 valence electrons. The molecule has 0 aliphatic rings. The molecule has 2 atom stereocenters. The molecule has 0 aromatic rings. The second kappa shape index (κ2) is 19.2. The van der Waals surface area contributed by atoms with Gasteiger partial charge in [-0.2, -0.15) is 0 Å². The van der Waals surface area contributed by atoms with E-state index in [0.29, 0.717) is 6.42 Å². The molecule has 0 bridgehead atoms. The Hall–Kier alpha value is -0.270. The summed E-state index contributed by atoms with van der Waals surface area (Å²) in [6, 6.07) is 0. The van der Waals surface area contributed by atoms with E-state index in [2.05, 4.69) is 13.8 Å². The topological polar surface area (TPSA) is 115 Å². The van der Waals surface area contributed by atoms with Crippen LogP contribution in [0.15, 0.2) is 0 Å². The summed E-state index contributed by atoms with van der Waals surface area (Å²) in [5, 5.41) is 30.2. The third-order valence-electron chi connectivity index (χ3n) is 5.56. The van der Waals surface area contributed by atoms with E-state index in [0.717, 1.165) is 32.1 Å². The molecule has 0 saturated heterocycles. The van der Waals surface area contributed by atoms with Crippen LogP contribution in [0.5, 0.6) is 0 Å². The summed E-state index contributed by atoms with van der Waals surface area (Å²) in [4.78, 5) is 34.7. The Morgan fingerprint density at radius 1 is 0.774 bits per heavy atom. The molecule has 0 radical (unpaired) electrons. The second-order valence-corrected chi connectivity index (χ2v) is 9.08. The van der Waals surface area contributed by atoms with Gasteiger partial charge in [0.05, 0.1) is 5.97 Å². The van der Waals surface area contributed by atoms with E-state index in [-0.39, 0.29) is 36.0 Å². The molecule has 0 aliphatic heterocycles. The average Bonchev–Trinajstić information content (AvgIpc) is 2.66. The van der Waals surface area contributed by atoms with Gasteiger partial charge < -0.3 is 20.1 Å². The maximum absolute atomic E-state index is 11.9. The first-order valence-electron chi connectivity index (χ1n) is 11.8. The number of aliphatic hydroxyl groups excluding tert-OH is 1. The van der Waals surface area contributed by atoms with Gasteiger partial charge in [-0.1, -0.05) is 90.9 Å². The van der Waals surface area contributed by atoms with E-state index in [1.807, 2.05) is 0 Å². The monoisotopic (exact) mass is 450 g/mol. The summed E-state index contributed by atoms with van der Waals surface area (Å²) >= 11 is 0. The van der Waals surface area contributed by atoms with Crippen molar-refractivity contribution in [2.45, 2.75) is 129 Å². The predicted octanol–water partition coefficient (Wildman–Crippen LogP) is 0.498. The summed E-state index contributed by atoms with van der Waals surface area (Å²) in [7, 11) is 0. The summed E-state index contributed by atoms with van der Waals surface area (Å²) in [5.41, 5.74) is -2.94. The Morgan fingerprint density at radius 3 is 1.52 bits per heavy atom. The van der Waals surface area contributed by atoms with Gasteiger partial charge in [-0.15, -0.1) is 0 Å². The van der Waals surface area contributed by atoms with Crippen molar-refractivity contribution < 1.29 is 59.3 Å². The van der Waals surface area contributed by atoms with Gasteiger partial charge in [0.2, 0.25) is 0 Å². The van der Waals surface area contributed by atoms with Crippen LogP contribution < -0.4 is 34.7 Å². The van der Waals surface area contributed by atoms with Gasteiger partial charge in [0, 0.05) is 12.8 Å². The Kier molecular flexibility index (Phi) is 20.4. The zero-order valence-corrected chi connectivity index (χ0v) is 22.3. The first-order valence-corrected chi connectivity index (χ1v) is 11.8. The van der Waals surface area contributed by atoms with Gasteiger partial charge >= 0.3 is 29.6 Å². The first kappa shape index (κ1) is 32.9. The molecule has 0 aromatic carbocycles. The summed E-state index contributed by atoms with van der Waals surface area (Å²) in [5.74, 6) is -3.06. The molecule has 0 heterocycles. The first-order chi connectivity index (χ1) is 14.1. The minimum atomic E-state index is -2.94. The van der Waals surface area contributed by atoms with E-state index in [9.17, 15) is 29.7 Å². The summed E-state index contributed by atoms with van der Waals surface area (Å²) in [6.07, 6.45) is 12.9. The van der Waals surface area contributed by atoms with Gasteiger partial charge in [-0.05, 0) is 19.3 Å². The van der Waals surface area contributed by atoms with Crippen molar-refractivity contribution in [2.24, 2.45) is 5.92 Å². The number of carboxylic acids is 1. The van der Waals surface area contributed by atoms with Crippen LogP contribution in [0.1, 0.15) is 117 Å². The number of carbonyl (C=O) groups excluding carboxylic acids is 3. The van der Waals surface area contributed by atoms with Crippen LogP contribution in [0.3, 0.4) is 0 Å². The largest absolute Gasteiger partial charge is 1.00 e. The third kappa shape index (κ3) is 16.1. The Labute approximate surface area is 210 Å². The number of hydrogen-bond acceptors (Lipinski definition) is 6. The van der Waals surface area contributed by atoms with Gasteiger partial charge in [0.15, 0.2) is 11.4 Å². The van der Waals surface area contributed by atoms with Crippen LogP contribution in [0.25, 0.3) is 0 Å². The van der Waals surface area contributed by atoms with Crippen molar-refractivity contribution in [3.8, 4) is 0 Å². The number of carboxylic acid groups (broad SMARTS) is 1. The molecule has 0 spiro atoms.